The Balaban J connectivity index is 1.93. The van der Waals surface area contributed by atoms with Crippen LogP contribution < -0.4 is 5.32 Å². The molecule has 1 N–H and O–H groups in total. The van der Waals surface area contributed by atoms with Gasteiger partial charge in [0.1, 0.15) is 0 Å². The van der Waals surface area contributed by atoms with Gasteiger partial charge >= 0.3 is 0 Å². The minimum atomic E-state index is -0.452. The zero-order valence-electron chi connectivity index (χ0n) is 13.4. The molecule has 1 aliphatic rings. The molecule has 1 aromatic rings. The number of nitrogens with zero attached hydrogens (tertiary/aromatic N) is 2. The van der Waals surface area contributed by atoms with Crippen LogP contribution in [0.25, 0.3) is 0 Å². The largest absolute Gasteiger partial charge is 0.352 e. The third kappa shape index (κ3) is 4.87. The molecule has 1 heterocycles. The molecule has 7 heteroatoms. The minimum Gasteiger partial charge on any atom is -0.352 e. The minimum absolute atomic E-state index is 0.00538. The fraction of sp³-hybridized carbons (Fsp3) is 0.562. The first-order chi connectivity index (χ1) is 10.9. The van der Waals surface area contributed by atoms with Gasteiger partial charge < -0.3 is 10.2 Å². The number of hydrogen-bond donors (Lipinski definition) is 1. The number of benzene rings is 1. The summed E-state index contributed by atoms with van der Waals surface area (Å²) in [6.07, 6.45) is 2.29. The Morgan fingerprint density at radius 1 is 1.52 bits per heavy atom. The number of nitro benzene ring substituents is 1. The maximum absolute atomic E-state index is 12.3. The van der Waals surface area contributed by atoms with E-state index in [1.54, 1.807) is 0 Å². The molecular weight excluding hydrogens is 409 g/mol. The van der Waals surface area contributed by atoms with E-state index in [0.717, 1.165) is 25.9 Å². The summed E-state index contributed by atoms with van der Waals surface area (Å²) in [5.41, 5.74) is 0.499. The summed E-state index contributed by atoms with van der Waals surface area (Å²) in [5, 5.41) is 13.7. The quantitative estimate of drug-likeness (QED) is 0.442. The van der Waals surface area contributed by atoms with E-state index in [1.165, 1.54) is 18.2 Å². The van der Waals surface area contributed by atoms with Crippen molar-refractivity contribution < 1.29 is 9.72 Å². The van der Waals surface area contributed by atoms with E-state index < -0.39 is 4.92 Å². The highest BCUT2D eigenvalue weighted by Gasteiger charge is 2.22. The molecule has 23 heavy (non-hydrogen) atoms. The van der Waals surface area contributed by atoms with Crippen LogP contribution in [0.15, 0.2) is 18.2 Å². The first-order valence-corrected chi connectivity index (χ1v) is 8.92. The average molecular weight is 431 g/mol. The number of piperidine rings is 1. The molecule has 1 saturated heterocycles. The molecule has 1 aromatic carbocycles. The third-order valence-corrected chi connectivity index (χ3v) is 5.13. The summed E-state index contributed by atoms with van der Waals surface area (Å²) in [4.78, 5) is 25.0. The van der Waals surface area contributed by atoms with E-state index in [1.807, 2.05) is 22.6 Å². The zero-order valence-corrected chi connectivity index (χ0v) is 15.6. The molecule has 126 valence electrons. The van der Waals surface area contributed by atoms with Crippen molar-refractivity contribution in [3.8, 4) is 0 Å². The highest BCUT2D eigenvalue weighted by Crippen LogP contribution is 2.21. The number of nitro groups is 1. The van der Waals surface area contributed by atoms with Crippen LogP contribution in [-0.4, -0.2) is 41.4 Å². The van der Waals surface area contributed by atoms with Gasteiger partial charge in [-0.3, -0.25) is 14.9 Å². The van der Waals surface area contributed by atoms with Crippen molar-refractivity contribution in [3.63, 3.8) is 0 Å². The Morgan fingerprint density at radius 3 is 2.87 bits per heavy atom. The lowest BCUT2D eigenvalue weighted by atomic mass is 9.97. The van der Waals surface area contributed by atoms with Crippen LogP contribution in [0.4, 0.5) is 5.69 Å². The predicted molar refractivity (Wildman–Crippen MR) is 97.6 cm³/mol. The SMILES string of the molecule is CC(C)N1CCCC(CNC(=O)c2ccc([N+](=O)[O-])cc2I)C1. The standard InChI is InChI=1S/C16H22IN3O3/c1-11(2)19-7-3-4-12(10-19)9-18-16(21)14-6-5-13(20(22)23)8-15(14)17/h5-6,8,11-12H,3-4,7,9-10H2,1-2H3,(H,18,21). The normalized spacial score (nSPS) is 18.9. The summed E-state index contributed by atoms with van der Waals surface area (Å²) in [5.74, 6) is 0.303. The molecule has 1 unspecified atom stereocenters. The highest BCUT2D eigenvalue weighted by molar-refractivity contribution is 14.1. The summed E-state index contributed by atoms with van der Waals surface area (Å²) >= 11 is 1.97. The van der Waals surface area contributed by atoms with Gasteiger partial charge in [-0.05, 0) is 67.8 Å². The Morgan fingerprint density at radius 2 is 2.26 bits per heavy atom. The van der Waals surface area contributed by atoms with Crippen molar-refractivity contribution in [2.75, 3.05) is 19.6 Å². The molecule has 1 fully saturated rings. The molecule has 0 bridgehead atoms. The highest BCUT2D eigenvalue weighted by atomic mass is 127. The number of halogens is 1. The van der Waals surface area contributed by atoms with Crippen molar-refractivity contribution in [3.05, 3.63) is 37.4 Å². The first-order valence-electron chi connectivity index (χ1n) is 7.84. The van der Waals surface area contributed by atoms with Gasteiger partial charge in [0.15, 0.2) is 0 Å². The molecule has 1 amide bonds. The third-order valence-electron chi connectivity index (χ3n) is 4.24. The van der Waals surface area contributed by atoms with Gasteiger partial charge in [0.2, 0.25) is 0 Å². The molecule has 0 aliphatic carbocycles. The molecule has 6 nitrogen and oxygen atoms in total. The smallest absolute Gasteiger partial charge is 0.270 e. The molecule has 2 rings (SSSR count). The van der Waals surface area contributed by atoms with Gasteiger partial charge in [-0.25, -0.2) is 0 Å². The number of carbonyl (C=O) groups excluding carboxylic acids is 1. The Labute approximate surface area is 149 Å². The van der Waals surface area contributed by atoms with E-state index in [2.05, 4.69) is 24.1 Å². The summed E-state index contributed by atoms with van der Waals surface area (Å²) in [7, 11) is 0. The molecule has 0 saturated carbocycles. The summed E-state index contributed by atoms with van der Waals surface area (Å²) in [6.45, 7) is 7.17. The van der Waals surface area contributed by atoms with Crippen LogP contribution in [0.3, 0.4) is 0 Å². The lowest BCUT2D eigenvalue weighted by molar-refractivity contribution is -0.384. The fourth-order valence-electron chi connectivity index (χ4n) is 2.87. The molecule has 0 spiro atoms. The lowest BCUT2D eigenvalue weighted by Crippen LogP contribution is -2.43. The van der Waals surface area contributed by atoms with Crippen molar-refractivity contribution in [2.45, 2.75) is 32.7 Å². The van der Waals surface area contributed by atoms with E-state index in [4.69, 9.17) is 0 Å². The van der Waals surface area contributed by atoms with E-state index in [9.17, 15) is 14.9 Å². The van der Waals surface area contributed by atoms with Crippen molar-refractivity contribution >= 4 is 34.2 Å². The Bertz CT molecular complexity index is 592. The summed E-state index contributed by atoms with van der Waals surface area (Å²) in [6, 6.07) is 4.86. The second-order valence-corrected chi connectivity index (χ2v) is 7.39. The Kier molecular flexibility index (Phi) is 6.34. The predicted octanol–water partition coefficient (Wildman–Crippen LogP) is 3.05. The zero-order chi connectivity index (χ0) is 17.0. The van der Waals surface area contributed by atoms with E-state index in [0.29, 0.717) is 27.6 Å². The monoisotopic (exact) mass is 431 g/mol. The second kappa shape index (κ2) is 8.05. The van der Waals surface area contributed by atoms with Crippen LogP contribution >= 0.6 is 22.6 Å². The number of carbonyl (C=O) groups is 1. The van der Waals surface area contributed by atoms with Crippen LogP contribution in [-0.2, 0) is 0 Å². The fourth-order valence-corrected chi connectivity index (χ4v) is 3.61. The van der Waals surface area contributed by atoms with Crippen LogP contribution in [0.5, 0.6) is 0 Å². The molecular formula is C16H22IN3O3. The molecule has 0 radical (unpaired) electrons. The second-order valence-electron chi connectivity index (χ2n) is 6.23. The molecule has 1 aliphatic heterocycles. The van der Waals surface area contributed by atoms with Gasteiger partial charge in [0.25, 0.3) is 11.6 Å². The molecule has 0 aromatic heterocycles. The number of non-ortho nitro benzene ring substituents is 1. The summed E-state index contributed by atoms with van der Waals surface area (Å²) < 4.78 is 0.599. The van der Waals surface area contributed by atoms with Crippen LogP contribution in [0, 0.1) is 19.6 Å². The van der Waals surface area contributed by atoms with Gasteiger partial charge in [0, 0.05) is 34.8 Å². The number of amides is 1. The topological polar surface area (TPSA) is 75.5 Å². The van der Waals surface area contributed by atoms with Crippen LogP contribution in [0.2, 0.25) is 0 Å². The first kappa shape index (κ1) is 18.1. The van der Waals surface area contributed by atoms with Crippen LogP contribution in [0.1, 0.15) is 37.0 Å². The van der Waals surface area contributed by atoms with Crippen molar-refractivity contribution in [1.82, 2.24) is 10.2 Å². The lowest BCUT2D eigenvalue weighted by Gasteiger charge is -2.35. The molecule has 1 atom stereocenters. The van der Waals surface area contributed by atoms with Gasteiger partial charge in [-0.15, -0.1) is 0 Å². The van der Waals surface area contributed by atoms with E-state index in [-0.39, 0.29) is 11.6 Å². The average Bonchev–Trinajstić information content (AvgIpc) is 2.52. The number of rotatable bonds is 5. The maximum atomic E-state index is 12.3. The Hall–Kier alpha value is -1.22. The van der Waals surface area contributed by atoms with E-state index >= 15 is 0 Å². The van der Waals surface area contributed by atoms with Gasteiger partial charge in [-0.2, -0.15) is 0 Å². The number of hydrogen-bond acceptors (Lipinski definition) is 4. The number of nitrogens with one attached hydrogen (secondary N) is 1. The van der Waals surface area contributed by atoms with Crippen molar-refractivity contribution in [1.29, 1.82) is 0 Å². The number of likely N-dealkylation sites (tertiary alicyclic amines) is 1. The van der Waals surface area contributed by atoms with Crippen molar-refractivity contribution in [2.24, 2.45) is 5.92 Å². The maximum Gasteiger partial charge on any atom is 0.270 e. The van der Waals surface area contributed by atoms with Gasteiger partial charge in [-0.1, -0.05) is 0 Å². The van der Waals surface area contributed by atoms with Gasteiger partial charge in [0.05, 0.1) is 10.5 Å².